The maximum absolute atomic E-state index is 6.00. The fourth-order valence-electron chi connectivity index (χ4n) is 2.34. The molecule has 0 aliphatic carbocycles. The van der Waals surface area contributed by atoms with Gasteiger partial charge in [-0.2, -0.15) is 5.10 Å². The third-order valence-corrected chi connectivity index (χ3v) is 3.72. The van der Waals surface area contributed by atoms with Crippen LogP contribution in [0.15, 0.2) is 28.7 Å². The molecule has 1 aromatic heterocycles. The van der Waals surface area contributed by atoms with E-state index < -0.39 is 0 Å². The highest BCUT2D eigenvalue weighted by Gasteiger charge is 2.10. The molecule has 4 nitrogen and oxygen atoms in total. The zero-order valence-electron chi connectivity index (χ0n) is 12.8. The van der Waals surface area contributed by atoms with Crippen LogP contribution in [-0.2, 0) is 19.6 Å². The second-order valence-electron chi connectivity index (χ2n) is 5.31. The van der Waals surface area contributed by atoms with Crippen LogP contribution in [0.5, 0.6) is 5.75 Å². The summed E-state index contributed by atoms with van der Waals surface area (Å²) in [7, 11) is 0. The van der Waals surface area contributed by atoms with E-state index in [1.807, 2.05) is 30.7 Å². The third-order valence-electron chi connectivity index (χ3n) is 3.22. The molecular weight excluding hydrogens is 330 g/mol. The van der Waals surface area contributed by atoms with Crippen molar-refractivity contribution in [2.75, 3.05) is 0 Å². The van der Waals surface area contributed by atoms with Crippen LogP contribution in [0.2, 0.25) is 0 Å². The quantitative estimate of drug-likeness (QED) is 0.867. The van der Waals surface area contributed by atoms with Crippen LogP contribution in [-0.4, -0.2) is 15.8 Å². The summed E-state index contributed by atoms with van der Waals surface area (Å²) < 4.78 is 9.01. The van der Waals surface area contributed by atoms with Gasteiger partial charge >= 0.3 is 0 Å². The van der Waals surface area contributed by atoms with Crippen molar-refractivity contribution >= 4 is 15.9 Å². The summed E-state index contributed by atoms with van der Waals surface area (Å²) in [5.74, 6) is 0.886. The van der Waals surface area contributed by atoms with Crippen LogP contribution in [0.25, 0.3) is 0 Å². The van der Waals surface area contributed by atoms with E-state index in [1.54, 1.807) is 0 Å². The Kier molecular flexibility index (Phi) is 5.42. The lowest BCUT2D eigenvalue weighted by Crippen LogP contribution is -2.18. The minimum absolute atomic E-state index is 0.102. The summed E-state index contributed by atoms with van der Waals surface area (Å²) in [6, 6.07) is 8.21. The molecule has 2 N–H and O–H groups in total. The molecule has 1 aromatic carbocycles. The maximum Gasteiger partial charge on any atom is 0.130 e. The summed E-state index contributed by atoms with van der Waals surface area (Å²) in [4.78, 5) is 0. The number of nitrogens with zero attached hydrogens (tertiary/aromatic N) is 2. The van der Waals surface area contributed by atoms with Gasteiger partial charge in [-0.3, -0.25) is 4.68 Å². The van der Waals surface area contributed by atoms with Crippen LogP contribution in [0.3, 0.4) is 0 Å². The van der Waals surface area contributed by atoms with Crippen molar-refractivity contribution in [2.45, 2.75) is 46.4 Å². The summed E-state index contributed by atoms with van der Waals surface area (Å²) >= 11 is 3.50. The molecule has 1 atom stereocenters. The first-order valence-corrected chi connectivity index (χ1v) is 7.99. The van der Waals surface area contributed by atoms with Gasteiger partial charge in [0.15, 0.2) is 0 Å². The average molecular weight is 352 g/mol. The minimum atomic E-state index is 0.102. The first-order chi connectivity index (χ1) is 9.99. The van der Waals surface area contributed by atoms with E-state index >= 15 is 0 Å². The minimum Gasteiger partial charge on any atom is -0.487 e. The van der Waals surface area contributed by atoms with Crippen molar-refractivity contribution in [3.05, 3.63) is 45.7 Å². The number of nitrogens with two attached hydrogens (primary N) is 1. The van der Waals surface area contributed by atoms with Gasteiger partial charge < -0.3 is 10.5 Å². The number of rotatable bonds is 6. The summed E-state index contributed by atoms with van der Waals surface area (Å²) in [6.45, 7) is 7.44. The van der Waals surface area contributed by atoms with Crippen LogP contribution >= 0.6 is 15.9 Å². The molecule has 1 heterocycles. The highest BCUT2D eigenvalue weighted by atomic mass is 79.9. The predicted octanol–water partition coefficient (Wildman–Crippen LogP) is 3.44. The molecule has 0 radical (unpaired) electrons. The summed E-state index contributed by atoms with van der Waals surface area (Å²) in [6.07, 6.45) is 0.793. The summed E-state index contributed by atoms with van der Waals surface area (Å²) in [5, 5.41) is 4.44. The lowest BCUT2D eigenvalue weighted by Gasteiger charge is -2.14. The fourth-order valence-corrected chi connectivity index (χ4v) is 2.74. The Bertz CT molecular complexity index is 608. The highest BCUT2D eigenvalue weighted by Crippen LogP contribution is 2.25. The van der Waals surface area contributed by atoms with Crippen molar-refractivity contribution in [1.29, 1.82) is 0 Å². The van der Waals surface area contributed by atoms with E-state index in [0.717, 1.165) is 40.1 Å². The van der Waals surface area contributed by atoms with Gasteiger partial charge in [-0.25, -0.2) is 0 Å². The average Bonchev–Trinajstić information content (AvgIpc) is 2.77. The lowest BCUT2D eigenvalue weighted by molar-refractivity contribution is 0.289. The van der Waals surface area contributed by atoms with E-state index in [4.69, 9.17) is 10.5 Å². The van der Waals surface area contributed by atoms with Crippen molar-refractivity contribution in [2.24, 2.45) is 5.73 Å². The van der Waals surface area contributed by atoms with Gasteiger partial charge in [-0.15, -0.1) is 0 Å². The van der Waals surface area contributed by atoms with Gasteiger partial charge in [-0.05, 0) is 57.0 Å². The number of benzene rings is 1. The van der Waals surface area contributed by atoms with Gasteiger partial charge in [0.2, 0.25) is 0 Å². The molecule has 0 saturated heterocycles. The first-order valence-electron chi connectivity index (χ1n) is 7.19. The Morgan fingerprint density at radius 3 is 2.81 bits per heavy atom. The molecule has 2 rings (SSSR count). The number of aromatic nitrogens is 2. The molecule has 0 spiro atoms. The lowest BCUT2D eigenvalue weighted by atomic mass is 10.1. The Hall–Kier alpha value is -1.33. The van der Waals surface area contributed by atoms with Gasteiger partial charge in [-0.1, -0.05) is 15.9 Å². The van der Waals surface area contributed by atoms with E-state index in [2.05, 4.69) is 40.1 Å². The third kappa shape index (κ3) is 4.32. The second-order valence-corrected chi connectivity index (χ2v) is 6.23. The Morgan fingerprint density at radius 1 is 1.38 bits per heavy atom. The monoisotopic (exact) mass is 351 g/mol. The van der Waals surface area contributed by atoms with E-state index in [9.17, 15) is 0 Å². The Balaban J connectivity index is 2.15. The van der Waals surface area contributed by atoms with Crippen LogP contribution in [0, 0.1) is 6.92 Å². The SMILES string of the molecule is CCn1nc(C)cc1COc1ccc(Br)cc1CC(C)N. The summed E-state index contributed by atoms with van der Waals surface area (Å²) in [5.41, 5.74) is 9.14. The van der Waals surface area contributed by atoms with E-state index in [-0.39, 0.29) is 6.04 Å². The number of hydrogen-bond donors (Lipinski definition) is 1. The molecule has 5 heteroatoms. The molecule has 114 valence electrons. The van der Waals surface area contributed by atoms with Gasteiger partial charge in [0, 0.05) is 17.1 Å². The molecule has 0 bridgehead atoms. The molecule has 0 saturated carbocycles. The van der Waals surface area contributed by atoms with Gasteiger partial charge in [0.1, 0.15) is 12.4 Å². The molecule has 0 fully saturated rings. The van der Waals surface area contributed by atoms with Crippen LogP contribution in [0.1, 0.15) is 30.8 Å². The zero-order valence-corrected chi connectivity index (χ0v) is 14.4. The maximum atomic E-state index is 6.00. The number of hydrogen-bond acceptors (Lipinski definition) is 3. The van der Waals surface area contributed by atoms with Crippen LogP contribution < -0.4 is 10.5 Å². The predicted molar refractivity (Wildman–Crippen MR) is 88.5 cm³/mol. The Labute approximate surface area is 134 Å². The normalized spacial score (nSPS) is 12.4. The number of aryl methyl sites for hydroxylation is 2. The van der Waals surface area contributed by atoms with E-state index in [1.165, 1.54) is 0 Å². The van der Waals surface area contributed by atoms with E-state index in [0.29, 0.717) is 6.61 Å². The Morgan fingerprint density at radius 2 is 2.14 bits per heavy atom. The smallest absolute Gasteiger partial charge is 0.130 e. The van der Waals surface area contributed by atoms with Crippen LogP contribution in [0.4, 0.5) is 0 Å². The van der Waals surface area contributed by atoms with Crippen molar-refractivity contribution in [3.63, 3.8) is 0 Å². The van der Waals surface area contributed by atoms with Gasteiger partial charge in [0.25, 0.3) is 0 Å². The largest absolute Gasteiger partial charge is 0.487 e. The zero-order chi connectivity index (χ0) is 15.4. The molecule has 0 amide bonds. The second kappa shape index (κ2) is 7.09. The molecular formula is C16H22BrN3O. The topological polar surface area (TPSA) is 53.1 Å². The molecule has 21 heavy (non-hydrogen) atoms. The highest BCUT2D eigenvalue weighted by molar-refractivity contribution is 9.10. The molecule has 0 aliphatic heterocycles. The van der Waals surface area contributed by atoms with Crippen molar-refractivity contribution in [3.8, 4) is 5.75 Å². The molecule has 0 aliphatic rings. The standard InChI is InChI=1S/C16H22BrN3O/c1-4-20-15(8-12(3)19-20)10-21-16-6-5-14(17)9-13(16)7-11(2)18/h5-6,8-9,11H,4,7,10,18H2,1-3H3. The van der Waals surface area contributed by atoms with Crippen molar-refractivity contribution in [1.82, 2.24) is 9.78 Å². The van der Waals surface area contributed by atoms with Gasteiger partial charge in [0.05, 0.1) is 11.4 Å². The first kappa shape index (κ1) is 16.0. The number of ether oxygens (including phenoxy) is 1. The fraction of sp³-hybridized carbons (Fsp3) is 0.438. The molecule has 2 aromatic rings. The number of halogens is 1. The van der Waals surface area contributed by atoms with Crippen molar-refractivity contribution < 1.29 is 4.74 Å². The molecule has 1 unspecified atom stereocenters.